The molecule has 1 fully saturated rings. The second-order valence-electron chi connectivity index (χ2n) is 9.13. The second-order valence-corrected chi connectivity index (χ2v) is 9.13. The van der Waals surface area contributed by atoms with Crippen molar-refractivity contribution < 1.29 is 4.79 Å². The van der Waals surface area contributed by atoms with Gasteiger partial charge < -0.3 is 15.1 Å². The Morgan fingerprint density at radius 2 is 1.59 bits per heavy atom. The van der Waals surface area contributed by atoms with Crippen molar-refractivity contribution in [1.82, 2.24) is 14.9 Å². The number of aromatic nitrogens is 2. The normalized spacial score (nSPS) is 14.1. The quantitative estimate of drug-likeness (QED) is 0.565. The maximum Gasteiger partial charge on any atom is 0.321 e. The number of carbonyl (C=O) groups is 1. The van der Waals surface area contributed by atoms with E-state index >= 15 is 0 Å². The smallest absolute Gasteiger partial charge is 0.321 e. The number of carbonyl (C=O) groups excluding carboxylic acids is 1. The van der Waals surface area contributed by atoms with Gasteiger partial charge in [0.25, 0.3) is 0 Å². The Morgan fingerprint density at radius 1 is 0.882 bits per heavy atom. The summed E-state index contributed by atoms with van der Waals surface area (Å²) in [6.07, 6.45) is 2.69. The maximum atomic E-state index is 12.9. The molecule has 1 aliphatic rings. The third-order valence-electron chi connectivity index (χ3n) is 6.50. The molecule has 2 amide bonds. The van der Waals surface area contributed by atoms with Crippen LogP contribution in [0.4, 0.5) is 16.3 Å². The lowest BCUT2D eigenvalue weighted by atomic mass is 10.0. The molecule has 6 heteroatoms. The van der Waals surface area contributed by atoms with Gasteiger partial charge in [0.1, 0.15) is 11.6 Å². The molecule has 3 aromatic rings. The molecule has 0 spiro atoms. The lowest BCUT2D eigenvalue weighted by Crippen LogP contribution is -2.38. The average molecular weight is 458 g/mol. The zero-order valence-electron chi connectivity index (χ0n) is 20.8. The SMILES string of the molecule is CCc1ccc(NC(=O)N2CCCN(c3nc(C)nc(C)c3Cc3ccc(C)cc3)CC2)cc1. The summed E-state index contributed by atoms with van der Waals surface area (Å²) in [5, 5.41) is 3.05. The molecule has 1 saturated heterocycles. The largest absolute Gasteiger partial charge is 0.354 e. The van der Waals surface area contributed by atoms with E-state index in [1.807, 2.05) is 24.0 Å². The topological polar surface area (TPSA) is 61.4 Å². The van der Waals surface area contributed by atoms with Crippen molar-refractivity contribution in [3.63, 3.8) is 0 Å². The van der Waals surface area contributed by atoms with Gasteiger partial charge in [0.15, 0.2) is 0 Å². The monoisotopic (exact) mass is 457 g/mol. The minimum Gasteiger partial charge on any atom is -0.354 e. The first-order valence-corrected chi connectivity index (χ1v) is 12.2. The number of hydrogen-bond donors (Lipinski definition) is 1. The standard InChI is InChI=1S/C28H35N5O/c1-5-23-11-13-25(14-12-23)31-28(34)33-16-6-15-32(17-18-33)27-26(21(3)29-22(4)30-27)19-24-9-7-20(2)8-10-24/h7-14H,5-6,15-19H2,1-4H3,(H,31,34). The van der Waals surface area contributed by atoms with Crippen molar-refractivity contribution >= 4 is 17.5 Å². The third kappa shape index (κ3) is 5.74. The van der Waals surface area contributed by atoms with Crippen LogP contribution in [-0.4, -0.2) is 47.1 Å². The highest BCUT2D eigenvalue weighted by Gasteiger charge is 2.23. The van der Waals surface area contributed by atoms with Gasteiger partial charge in [-0.05, 0) is 56.9 Å². The van der Waals surface area contributed by atoms with Crippen LogP contribution in [0.2, 0.25) is 0 Å². The Bertz CT molecular complexity index is 1120. The number of aryl methyl sites for hydroxylation is 4. The second kappa shape index (κ2) is 10.7. The molecule has 34 heavy (non-hydrogen) atoms. The van der Waals surface area contributed by atoms with Crippen LogP contribution < -0.4 is 10.2 Å². The molecule has 0 saturated carbocycles. The van der Waals surface area contributed by atoms with Crippen LogP contribution in [0.25, 0.3) is 0 Å². The number of urea groups is 1. The van der Waals surface area contributed by atoms with Gasteiger partial charge in [-0.15, -0.1) is 0 Å². The van der Waals surface area contributed by atoms with E-state index in [0.717, 1.165) is 61.9 Å². The lowest BCUT2D eigenvalue weighted by molar-refractivity contribution is 0.215. The maximum absolute atomic E-state index is 12.9. The number of nitrogens with one attached hydrogen (secondary N) is 1. The molecule has 0 bridgehead atoms. The molecular weight excluding hydrogens is 422 g/mol. The third-order valence-corrected chi connectivity index (χ3v) is 6.50. The number of amides is 2. The Labute approximate surface area is 203 Å². The van der Waals surface area contributed by atoms with Gasteiger partial charge in [-0.2, -0.15) is 0 Å². The zero-order valence-corrected chi connectivity index (χ0v) is 20.8. The van der Waals surface area contributed by atoms with E-state index < -0.39 is 0 Å². The Morgan fingerprint density at radius 3 is 2.29 bits per heavy atom. The van der Waals surface area contributed by atoms with E-state index in [2.05, 4.69) is 72.4 Å². The first-order valence-electron chi connectivity index (χ1n) is 12.2. The molecule has 1 aromatic heterocycles. The molecule has 0 aliphatic carbocycles. The predicted molar refractivity (Wildman–Crippen MR) is 139 cm³/mol. The van der Waals surface area contributed by atoms with Crippen molar-refractivity contribution in [1.29, 1.82) is 0 Å². The summed E-state index contributed by atoms with van der Waals surface area (Å²) in [6.45, 7) is 11.3. The van der Waals surface area contributed by atoms with E-state index in [9.17, 15) is 4.79 Å². The van der Waals surface area contributed by atoms with Crippen LogP contribution in [0.15, 0.2) is 48.5 Å². The van der Waals surface area contributed by atoms with Crippen molar-refractivity contribution in [2.24, 2.45) is 0 Å². The van der Waals surface area contributed by atoms with Crippen LogP contribution in [0.5, 0.6) is 0 Å². The number of hydrogen-bond acceptors (Lipinski definition) is 4. The van der Waals surface area contributed by atoms with E-state index in [1.165, 1.54) is 22.3 Å². The van der Waals surface area contributed by atoms with Crippen molar-refractivity contribution in [3.05, 3.63) is 82.3 Å². The molecule has 0 atom stereocenters. The highest BCUT2D eigenvalue weighted by molar-refractivity contribution is 5.89. The fraction of sp³-hybridized carbons (Fsp3) is 0.393. The summed E-state index contributed by atoms with van der Waals surface area (Å²) in [4.78, 5) is 26.7. The summed E-state index contributed by atoms with van der Waals surface area (Å²) in [6, 6.07) is 16.7. The van der Waals surface area contributed by atoms with Gasteiger partial charge in [0, 0.05) is 49.5 Å². The van der Waals surface area contributed by atoms with Gasteiger partial charge in [-0.1, -0.05) is 48.9 Å². The average Bonchev–Trinajstić information content (AvgIpc) is 3.09. The van der Waals surface area contributed by atoms with Crippen LogP contribution in [0, 0.1) is 20.8 Å². The number of nitrogens with zero attached hydrogens (tertiary/aromatic N) is 4. The Balaban J connectivity index is 1.47. The summed E-state index contributed by atoms with van der Waals surface area (Å²) in [7, 11) is 0. The first kappa shape index (κ1) is 23.7. The first-order chi connectivity index (χ1) is 16.4. The molecule has 2 heterocycles. The number of benzene rings is 2. The molecule has 6 nitrogen and oxygen atoms in total. The fourth-order valence-corrected chi connectivity index (χ4v) is 4.45. The van der Waals surface area contributed by atoms with E-state index in [-0.39, 0.29) is 6.03 Å². The summed E-state index contributed by atoms with van der Waals surface area (Å²) in [5.41, 5.74) is 6.81. The number of anilines is 2. The Kier molecular flexibility index (Phi) is 7.46. The van der Waals surface area contributed by atoms with Crippen molar-refractivity contribution in [2.75, 3.05) is 36.4 Å². The lowest BCUT2D eigenvalue weighted by Gasteiger charge is -2.26. The molecule has 4 rings (SSSR count). The van der Waals surface area contributed by atoms with Crippen LogP contribution in [0.3, 0.4) is 0 Å². The van der Waals surface area contributed by atoms with Crippen molar-refractivity contribution in [3.8, 4) is 0 Å². The predicted octanol–water partition coefficient (Wildman–Crippen LogP) is 5.30. The Hall–Kier alpha value is -3.41. The molecule has 1 aliphatic heterocycles. The zero-order chi connectivity index (χ0) is 24.1. The molecule has 1 N–H and O–H groups in total. The van der Waals surface area contributed by atoms with Gasteiger partial charge in [0.2, 0.25) is 0 Å². The summed E-state index contributed by atoms with van der Waals surface area (Å²) >= 11 is 0. The molecule has 178 valence electrons. The summed E-state index contributed by atoms with van der Waals surface area (Å²) in [5.74, 6) is 1.79. The van der Waals surface area contributed by atoms with Crippen LogP contribution in [-0.2, 0) is 12.8 Å². The van der Waals surface area contributed by atoms with E-state index in [0.29, 0.717) is 6.54 Å². The van der Waals surface area contributed by atoms with Crippen LogP contribution in [0.1, 0.15) is 47.1 Å². The van der Waals surface area contributed by atoms with Gasteiger partial charge in [-0.3, -0.25) is 0 Å². The molecule has 2 aromatic carbocycles. The van der Waals surface area contributed by atoms with Gasteiger partial charge >= 0.3 is 6.03 Å². The van der Waals surface area contributed by atoms with Crippen LogP contribution >= 0.6 is 0 Å². The molecule has 0 unspecified atom stereocenters. The van der Waals surface area contributed by atoms with Gasteiger partial charge in [0.05, 0.1) is 0 Å². The number of rotatable bonds is 5. The highest BCUT2D eigenvalue weighted by Crippen LogP contribution is 2.25. The van der Waals surface area contributed by atoms with E-state index in [1.54, 1.807) is 0 Å². The molecular formula is C28H35N5O. The minimum atomic E-state index is -0.0407. The van der Waals surface area contributed by atoms with Gasteiger partial charge in [-0.25, -0.2) is 14.8 Å². The minimum absolute atomic E-state index is 0.0407. The van der Waals surface area contributed by atoms with Crippen molar-refractivity contribution in [2.45, 2.75) is 47.0 Å². The highest BCUT2D eigenvalue weighted by atomic mass is 16.2. The van der Waals surface area contributed by atoms with E-state index in [4.69, 9.17) is 4.98 Å². The fourth-order valence-electron chi connectivity index (χ4n) is 4.45. The summed E-state index contributed by atoms with van der Waals surface area (Å²) < 4.78 is 0. The molecule has 0 radical (unpaired) electrons.